The van der Waals surface area contributed by atoms with Crippen molar-refractivity contribution in [2.24, 2.45) is 0 Å². The number of carbonyl (C=O) groups excluding carboxylic acids is 1. The molecule has 0 aromatic heterocycles. The summed E-state index contributed by atoms with van der Waals surface area (Å²) in [6.45, 7) is 1.50. The summed E-state index contributed by atoms with van der Waals surface area (Å²) >= 11 is 0. The van der Waals surface area contributed by atoms with Crippen LogP contribution in [0.1, 0.15) is 6.92 Å². The molecule has 0 amide bonds. The second-order valence-corrected chi connectivity index (χ2v) is 10.2. The molecule has 0 rings (SSSR count). The van der Waals surface area contributed by atoms with Gasteiger partial charge in [-0.15, -0.1) is 0 Å². The topological polar surface area (TPSA) is 26.3 Å². The van der Waals surface area contributed by atoms with Crippen LogP contribution in [0.3, 0.4) is 0 Å². The van der Waals surface area contributed by atoms with Gasteiger partial charge in [-0.25, -0.2) is 4.79 Å². The van der Waals surface area contributed by atoms with Crippen LogP contribution in [-0.4, -0.2) is 101 Å². The van der Waals surface area contributed by atoms with Gasteiger partial charge in [-0.3, -0.25) is 0 Å². The van der Waals surface area contributed by atoms with Gasteiger partial charge >= 0.3 is 101 Å². The van der Waals surface area contributed by atoms with Crippen LogP contribution in [0.15, 0.2) is 12.2 Å². The van der Waals surface area contributed by atoms with E-state index in [0.717, 1.165) is 0 Å². The van der Waals surface area contributed by atoms with Gasteiger partial charge in [0.05, 0.1) is 0 Å². The predicted octanol–water partition coefficient (Wildman–Crippen LogP) is 11.2. The zero-order valence-corrected chi connectivity index (χ0v) is 24.0. The van der Waals surface area contributed by atoms with Crippen LogP contribution in [0.2, 0.25) is 0 Å². The highest BCUT2D eigenvalue weighted by atomic mass is 19.4. The standard InChI is InChI=1S/C20H5F33O2/c1-3(2)4(54)55-18(47,15(41,42)11(33,34)7(25,26)9(29,30)13(37,38)17(45,46)20(51,52)53)14(39,40)10(31,32)6(23,24)5(21,22)8(27,28)12(35,36)16(43,44)19(48,49)50/h1H2,2H3. The second kappa shape index (κ2) is 12.7. The Kier molecular flexibility index (Phi) is 12.0. The highest BCUT2D eigenvalue weighted by Gasteiger charge is 3.02. The van der Waals surface area contributed by atoms with E-state index in [2.05, 4.69) is 0 Å². The molecular formula is C20H5F33O2. The first-order chi connectivity index (χ1) is 23.1. The molecule has 35 heteroatoms. The first-order valence-electron chi connectivity index (χ1n) is 11.7. The molecule has 0 N–H and O–H groups in total. The van der Waals surface area contributed by atoms with Crippen LogP contribution in [0.5, 0.6) is 0 Å². The Morgan fingerprint density at radius 1 is 0.309 bits per heavy atom. The minimum absolute atomic E-state index is 0.413. The third-order valence-corrected chi connectivity index (χ3v) is 6.44. The summed E-state index contributed by atoms with van der Waals surface area (Å²) in [7, 11) is 0. The molecule has 0 spiro atoms. The summed E-state index contributed by atoms with van der Waals surface area (Å²) in [6.07, 6.45) is -16.8. The molecule has 0 aliphatic heterocycles. The summed E-state index contributed by atoms with van der Waals surface area (Å²) in [4.78, 5) is 11.4. The van der Waals surface area contributed by atoms with E-state index in [0.29, 0.717) is 0 Å². The SMILES string of the molecule is C=C(C)C(=O)OC(F)(C(F)(F)C(F)(F)C(F)(F)C(F)(F)C(F)(F)C(F)(F)C(F)(F)F)C(F)(F)C(F)(F)C(F)(F)C(F)(F)C(F)(F)C(F)(F)C(F)(F)C(F)(F)F. The molecule has 0 aliphatic rings. The highest BCUT2D eigenvalue weighted by Crippen LogP contribution is 2.70. The first-order valence-corrected chi connectivity index (χ1v) is 11.7. The van der Waals surface area contributed by atoms with Crippen molar-refractivity contribution in [2.45, 2.75) is 102 Å². The molecule has 0 bridgehead atoms. The van der Waals surface area contributed by atoms with E-state index in [1.54, 1.807) is 4.74 Å². The summed E-state index contributed by atoms with van der Waals surface area (Å²) in [5, 5.41) is 0. The predicted molar refractivity (Wildman–Crippen MR) is 101 cm³/mol. The van der Waals surface area contributed by atoms with Gasteiger partial charge in [-0.05, 0) is 6.92 Å². The molecule has 2 nitrogen and oxygen atoms in total. The largest absolute Gasteiger partial charge is 0.460 e. The lowest BCUT2D eigenvalue weighted by molar-refractivity contribution is -0.500. The van der Waals surface area contributed by atoms with Crippen LogP contribution in [-0.2, 0) is 9.53 Å². The molecular weight excluding hydrogens is 899 g/mol. The first kappa shape index (κ1) is 51.9. The number of hydrogen-bond donors (Lipinski definition) is 0. The van der Waals surface area contributed by atoms with Crippen molar-refractivity contribution in [3.05, 3.63) is 12.2 Å². The molecule has 0 heterocycles. The van der Waals surface area contributed by atoms with Crippen molar-refractivity contribution in [2.75, 3.05) is 0 Å². The number of carbonyl (C=O) groups is 1. The number of ether oxygens (including phenoxy) is 1. The van der Waals surface area contributed by atoms with Crippen LogP contribution < -0.4 is 0 Å². The van der Waals surface area contributed by atoms with Crippen LogP contribution >= 0.6 is 0 Å². The van der Waals surface area contributed by atoms with Gasteiger partial charge in [0.15, 0.2) is 0 Å². The summed E-state index contributed by atoms with van der Waals surface area (Å²) < 4.78 is 449. The molecule has 0 radical (unpaired) electrons. The van der Waals surface area contributed by atoms with Crippen molar-refractivity contribution < 1.29 is 154 Å². The number of halogens is 33. The average molecular weight is 904 g/mol. The Labute approximate surface area is 276 Å². The van der Waals surface area contributed by atoms with E-state index >= 15 is 4.39 Å². The van der Waals surface area contributed by atoms with Gasteiger partial charge in [-0.1, -0.05) is 6.58 Å². The van der Waals surface area contributed by atoms with E-state index in [4.69, 9.17) is 0 Å². The van der Waals surface area contributed by atoms with E-state index in [1.165, 1.54) is 0 Å². The van der Waals surface area contributed by atoms with Crippen molar-refractivity contribution in [3.63, 3.8) is 0 Å². The fourth-order valence-corrected chi connectivity index (χ4v) is 3.07. The van der Waals surface area contributed by atoms with Gasteiger partial charge in [0.1, 0.15) is 0 Å². The monoisotopic (exact) mass is 904 g/mol. The maximum absolute atomic E-state index is 15.2. The lowest BCUT2D eigenvalue weighted by atomic mass is 9.82. The van der Waals surface area contributed by atoms with E-state index in [-0.39, 0.29) is 0 Å². The molecule has 0 saturated heterocycles. The average Bonchev–Trinajstić information content (AvgIpc) is 2.94. The Morgan fingerprint density at radius 2 is 0.455 bits per heavy atom. The molecule has 1 atom stereocenters. The van der Waals surface area contributed by atoms with Gasteiger partial charge in [0.2, 0.25) is 0 Å². The Hall–Kier alpha value is -3.10. The molecule has 0 aliphatic carbocycles. The lowest BCUT2D eigenvalue weighted by Gasteiger charge is -2.48. The minimum Gasteiger partial charge on any atom is -0.413 e. The number of hydrogen-bond acceptors (Lipinski definition) is 2. The van der Waals surface area contributed by atoms with Crippen LogP contribution in [0.4, 0.5) is 145 Å². The third-order valence-electron chi connectivity index (χ3n) is 6.44. The molecule has 55 heavy (non-hydrogen) atoms. The molecule has 0 aromatic rings. The quantitative estimate of drug-likeness (QED) is 0.0930. The normalized spacial score (nSPS) is 17.6. The van der Waals surface area contributed by atoms with Crippen molar-refractivity contribution in [1.82, 2.24) is 0 Å². The fraction of sp³-hybridized carbons (Fsp3) is 0.850. The van der Waals surface area contributed by atoms with Gasteiger partial charge in [0.25, 0.3) is 0 Å². The van der Waals surface area contributed by atoms with E-state index in [9.17, 15) is 145 Å². The Bertz CT molecular complexity index is 1460. The van der Waals surface area contributed by atoms with E-state index < -0.39 is 114 Å². The van der Waals surface area contributed by atoms with Crippen molar-refractivity contribution >= 4 is 5.97 Å². The zero-order valence-electron chi connectivity index (χ0n) is 24.0. The van der Waals surface area contributed by atoms with E-state index in [1.807, 2.05) is 6.58 Å². The Morgan fingerprint density at radius 3 is 0.600 bits per heavy atom. The second-order valence-electron chi connectivity index (χ2n) is 10.2. The van der Waals surface area contributed by atoms with Gasteiger partial charge in [0, 0.05) is 5.57 Å². The molecule has 0 aromatic carbocycles. The Balaban J connectivity index is 8.38. The van der Waals surface area contributed by atoms with Crippen molar-refractivity contribution in [3.8, 4) is 0 Å². The van der Waals surface area contributed by atoms with Gasteiger partial charge < -0.3 is 4.74 Å². The molecule has 0 fully saturated rings. The number of esters is 1. The van der Waals surface area contributed by atoms with Crippen molar-refractivity contribution in [1.29, 1.82) is 0 Å². The summed E-state index contributed by atoms with van der Waals surface area (Å²) in [6, 6.07) is 0. The van der Waals surface area contributed by atoms with Crippen LogP contribution in [0, 0.1) is 0 Å². The smallest absolute Gasteiger partial charge is 0.413 e. The molecule has 0 saturated carbocycles. The fourth-order valence-electron chi connectivity index (χ4n) is 3.07. The number of alkyl halides is 33. The number of rotatable bonds is 15. The minimum atomic E-state index is -10.1. The third kappa shape index (κ3) is 6.13. The summed E-state index contributed by atoms with van der Waals surface area (Å²) in [5.41, 5.74) is -2.38. The summed E-state index contributed by atoms with van der Waals surface area (Å²) in [5.74, 6) is -140. The molecule has 328 valence electrons. The highest BCUT2D eigenvalue weighted by molar-refractivity contribution is 5.87. The zero-order chi connectivity index (χ0) is 45.9. The maximum atomic E-state index is 15.2. The lowest BCUT2D eigenvalue weighted by Crippen LogP contribution is -2.81. The van der Waals surface area contributed by atoms with Gasteiger partial charge in [-0.2, -0.15) is 145 Å². The maximum Gasteiger partial charge on any atom is 0.460 e. The molecule has 1 unspecified atom stereocenters. The van der Waals surface area contributed by atoms with Crippen LogP contribution in [0.25, 0.3) is 0 Å².